The average molecular weight is 558 g/mol. The van der Waals surface area contributed by atoms with Gasteiger partial charge in [-0.25, -0.2) is 0 Å². The summed E-state index contributed by atoms with van der Waals surface area (Å²) < 4.78 is 0. The molecule has 0 nitrogen and oxygen atoms in total. The first-order valence-electron chi connectivity index (χ1n) is 12.5. The minimum Gasteiger partial charge on any atom is -0.199 e. The molecule has 0 bridgehead atoms. The summed E-state index contributed by atoms with van der Waals surface area (Å²) >= 11 is 0. The Labute approximate surface area is 241 Å². The van der Waals surface area contributed by atoms with Crippen LogP contribution in [0, 0.1) is 27.7 Å². The molecule has 0 aromatic heterocycles. The van der Waals surface area contributed by atoms with Gasteiger partial charge in [0.15, 0.2) is 0 Å². The molecule has 0 aliphatic carbocycles. The minimum atomic E-state index is 0. The van der Waals surface area contributed by atoms with E-state index in [4.69, 9.17) is 0 Å². The van der Waals surface area contributed by atoms with Gasteiger partial charge in [-0.3, -0.25) is 0 Å². The van der Waals surface area contributed by atoms with Crippen LogP contribution in [0.5, 0.6) is 0 Å². The molecule has 6 aromatic rings. The predicted molar refractivity (Wildman–Crippen MR) is 158 cm³/mol. The van der Waals surface area contributed by atoms with Crippen molar-refractivity contribution in [1.29, 1.82) is 0 Å². The van der Waals surface area contributed by atoms with E-state index in [1.807, 2.05) is 60.7 Å². The van der Waals surface area contributed by atoms with Gasteiger partial charge in [0.2, 0.25) is 0 Å². The molecule has 6 rings (SSSR count). The molecule has 0 atom stereocenters. The standard InChI is InChI=1S/C22H20.2C7H7.Zr/c1-15-5-3-7-19-11-17(13-21(15)19)9-10-18-12-20-8-4-6-16(2)22(20)14-18;2*1-7-5-3-2-4-6-7;/h3-8,11-14H,9-10H2,1-2H3;2*2-6H,1H2;/q-2;2*-1;+4. The monoisotopic (exact) mass is 556 g/mol. The summed E-state index contributed by atoms with van der Waals surface area (Å²) in [5.41, 5.74) is 7.79. The quantitative estimate of drug-likeness (QED) is 0.190. The Balaban J connectivity index is 0.000000208. The number of rotatable bonds is 3. The molecule has 0 heterocycles. The third-order valence-electron chi connectivity index (χ3n) is 6.44. The van der Waals surface area contributed by atoms with Crippen LogP contribution in [0.25, 0.3) is 21.5 Å². The number of hydrogen-bond acceptors (Lipinski definition) is 0. The van der Waals surface area contributed by atoms with Gasteiger partial charge in [-0.05, 0) is 26.7 Å². The van der Waals surface area contributed by atoms with Crippen molar-refractivity contribution in [2.75, 3.05) is 0 Å². The van der Waals surface area contributed by atoms with Crippen molar-refractivity contribution in [2.45, 2.75) is 26.7 Å². The average Bonchev–Trinajstić information content (AvgIpc) is 3.50. The van der Waals surface area contributed by atoms with Crippen LogP contribution in [0.15, 0.2) is 121 Å². The molecule has 0 amide bonds. The Hall–Kier alpha value is -3.28. The van der Waals surface area contributed by atoms with Gasteiger partial charge in [0, 0.05) is 0 Å². The normalized spacial score (nSPS) is 10.1. The van der Waals surface area contributed by atoms with Crippen molar-refractivity contribution in [3.05, 3.63) is 169 Å². The predicted octanol–water partition coefficient (Wildman–Crippen LogP) is 9.57. The maximum atomic E-state index is 3.72. The van der Waals surface area contributed by atoms with E-state index in [0.29, 0.717) is 0 Å². The van der Waals surface area contributed by atoms with Crippen LogP contribution in [-0.4, -0.2) is 0 Å². The van der Waals surface area contributed by atoms with E-state index in [0.717, 1.165) is 24.0 Å². The van der Waals surface area contributed by atoms with Crippen LogP contribution >= 0.6 is 0 Å². The third-order valence-corrected chi connectivity index (χ3v) is 6.44. The van der Waals surface area contributed by atoms with E-state index in [9.17, 15) is 0 Å². The molecule has 1 heteroatoms. The van der Waals surface area contributed by atoms with Crippen LogP contribution in [0.3, 0.4) is 0 Å². The zero-order chi connectivity index (χ0) is 25.3. The second kappa shape index (κ2) is 13.9. The van der Waals surface area contributed by atoms with E-state index in [2.05, 4.69) is 88.4 Å². The fourth-order valence-corrected chi connectivity index (χ4v) is 4.44. The Morgan fingerprint density at radius 3 is 1.19 bits per heavy atom. The fraction of sp³-hybridized carbons (Fsp3) is 0.111. The maximum absolute atomic E-state index is 3.72. The molecule has 37 heavy (non-hydrogen) atoms. The van der Waals surface area contributed by atoms with E-state index in [1.54, 1.807) is 0 Å². The SMILES string of the molecule is Cc1cccc2[cH-]c(CCc3cc4c(C)cccc4[cH-]3)cc12.[CH2-]c1ccccc1.[CH2-]c1ccccc1.[Zr+4]. The topological polar surface area (TPSA) is 0 Å². The van der Waals surface area contributed by atoms with Gasteiger partial charge in [0.1, 0.15) is 0 Å². The van der Waals surface area contributed by atoms with Crippen LogP contribution < -0.4 is 0 Å². The van der Waals surface area contributed by atoms with Crippen LogP contribution in [0.2, 0.25) is 0 Å². The molecule has 0 saturated carbocycles. The van der Waals surface area contributed by atoms with Gasteiger partial charge in [0.25, 0.3) is 0 Å². The number of aryl methyl sites for hydroxylation is 4. The Morgan fingerprint density at radius 1 is 0.514 bits per heavy atom. The summed E-state index contributed by atoms with van der Waals surface area (Å²) in [4.78, 5) is 0. The minimum absolute atomic E-state index is 0. The molecule has 0 fully saturated rings. The molecule has 6 aromatic carbocycles. The van der Waals surface area contributed by atoms with Gasteiger partial charge < -0.3 is 0 Å². The fourth-order valence-electron chi connectivity index (χ4n) is 4.44. The number of benzene rings is 4. The van der Waals surface area contributed by atoms with Gasteiger partial charge in [-0.1, -0.05) is 35.4 Å². The maximum Gasteiger partial charge on any atom is 4.00 e. The van der Waals surface area contributed by atoms with Gasteiger partial charge in [-0.2, -0.15) is 61.4 Å². The summed E-state index contributed by atoms with van der Waals surface area (Å²) in [6.45, 7) is 11.8. The Bertz CT molecular complexity index is 1380. The van der Waals surface area contributed by atoms with Crippen LogP contribution in [0.4, 0.5) is 0 Å². The van der Waals surface area contributed by atoms with E-state index >= 15 is 0 Å². The zero-order valence-electron chi connectivity index (χ0n) is 21.9. The Kier molecular flexibility index (Phi) is 10.6. The summed E-state index contributed by atoms with van der Waals surface area (Å²) in [6.07, 6.45) is 2.23. The van der Waals surface area contributed by atoms with Crippen molar-refractivity contribution >= 4 is 21.5 Å². The van der Waals surface area contributed by atoms with Crippen molar-refractivity contribution < 1.29 is 26.2 Å². The van der Waals surface area contributed by atoms with Gasteiger partial charge >= 0.3 is 26.2 Å². The smallest absolute Gasteiger partial charge is 0.199 e. The van der Waals surface area contributed by atoms with Crippen molar-refractivity contribution in [3.8, 4) is 0 Å². The van der Waals surface area contributed by atoms with Gasteiger partial charge in [-0.15, -0.1) is 93.3 Å². The molecule has 0 unspecified atom stereocenters. The second-order valence-corrected chi connectivity index (χ2v) is 9.35. The summed E-state index contributed by atoms with van der Waals surface area (Å²) in [6, 6.07) is 42.3. The molecular weight excluding hydrogens is 524 g/mol. The summed E-state index contributed by atoms with van der Waals surface area (Å²) in [7, 11) is 0. The molecule has 0 spiro atoms. The van der Waals surface area contributed by atoms with Crippen molar-refractivity contribution in [1.82, 2.24) is 0 Å². The summed E-state index contributed by atoms with van der Waals surface area (Å²) in [5.74, 6) is 0. The van der Waals surface area contributed by atoms with Gasteiger partial charge in [0.05, 0.1) is 0 Å². The molecule has 182 valence electrons. The molecule has 0 aliphatic heterocycles. The zero-order valence-corrected chi connectivity index (χ0v) is 24.3. The molecular formula is C36H34Zr. The molecule has 0 radical (unpaired) electrons. The van der Waals surface area contributed by atoms with E-state index < -0.39 is 0 Å². The van der Waals surface area contributed by atoms with Crippen molar-refractivity contribution in [2.24, 2.45) is 0 Å². The number of fused-ring (bicyclic) bond motifs is 2. The first kappa shape index (κ1) is 28.3. The molecule has 0 saturated heterocycles. The van der Waals surface area contributed by atoms with Crippen LogP contribution in [-0.2, 0) is 39.0 Å². The number of hydrogen-bond donors (Lipinski definition) is 0. The largest absolute Gasteiger partial charge is 4.00 e. The van der Waals surface area contributed by atoms with E-state index in [1.165, 1.54) is 43.8 Å². The molecule has 0 aliphatic rings. The van der Waals surface area contributed by atoms with E-state index in [-0.39, 0.29) is 26.2 Å². The first-order chi connectivity index (χ1) is 17.5. The van der Waals surface area contributed by atoms with Crippen LogP contribution in [0.1, 0.15) is 33.4 Å². The third kappa shape index (κ3) is 8.11. The van der Waals surface area contributed by atoms with Crippen molar-refractivity contribution in [3.63, 3.8) is 0 Å². The summed E-state index contributed by atoms with van der Waals surface area (Å²) in [5, 5.41) is 5.55. The Morgan fingerprint density at radius 2 is 0.892 bits per heavy atom. The second-order valence-electron chi connectivity index (χ2n) is 9.35. The molecule has 0 N–H and O–H groups in total. The first-order valence-corrected chi connectivity index (χ1v) is 12.5.